The molecule has 3 heterocycles. The lowest BCUT2D eigenvalue weighted by atomic mass is 10.1. The molecule has 1 aliphatic heterocycles. The van der Waals surface area contributed by atoms with Crippen molar-refractivity contribution >= 4 is 50.3 Å². The van der Waals surface area contributed by atoms with E-state index in [0.717, 1.165) is 36.6 Å². The summed E-state index contributed by atoms with van der Waals surface area (Å²) in [6.45, 7) is 0.0248. The van der Waals surface area contributed by atoms with Gasteiger partial charge < -0.3 is 15.2 Å². The van der Waals surface area contributed by atoms with Crippen LogP contribution in [0.5, 0.6) is 0 Å². The number of H-pyrrole nitrogens is 1. The van der Waals surface area contributed by atoms with Gasteiger partial charge in [0.2, 0.25) is 5.91 Å². The number of imide groups is 1. The van der Waals surface area contributed by atoms with Crippen molar-refractivity contribution in [3.8, 4) is 0 Å². The van der Waals surface area contributed by atoms with E-state index in [4.69, 9.17) is 0 Å². The Hall–Kier alpha value is -3.72. The highest BCUT2D eigenvalue weighted by Gasteiger charge is 2.39. The van der Waals surface area contributed by atoms with Crippen molar-refractivity contribution in [1.82, 2.24) is 25.1 Å². The lowest BCUT2D eigenvalue weighted by Gasteiger charge is -2.19. The Morgan fingerprint density at radius 3 is 2.78 bits per heavy atom. The van der Waals surface area contributed by atoms with Crippen molar-refractivity contribution in [3.63, 3.8) is 0 Å². The maximum Gasteiger partial charge on any atom is 0.325 e. The van der Waals surface area contributed by atoms with Crippen molar-refractivity contribution in [2.45, 2.75) is 19.0 Å². The molecular formula is C23H21N5O3S. The van der Waals surface area contributed by atoms with Crippen molar-refractivity contribution in [2.24, 2.45) is 0 Å². The fraction of sp³-hybridized carbons (Fsp3) is 0.217. The zero-order valence-electron chi connectivity index (χ0n) is 17.4. The summed E-state index contributed by atoms with van der Waals surface area (Å²) < 4.78 is 1.05. The lowest BCUT2D eigenvalue weighted by molar-refractivity contribution is -0.136. The number of hydrogen-bond acceptors (Lipinski definition) is 5. The molecular weight excluding hydrogens is 426 g/mol. The Morgan fingerprint density at radius 2 is 1.94 bits per heavy atom. The van der Waals surface area contributed by atoms with E-state index in [2.05, 4.69) is 15.3 Å². The predicted octanol–water partition coefficient (Wildman–Crippen LogP) is 2.90. The van der Waals surface area contributed by atoms with Crippen LogP contribution in [0.3, 0.4) is 0 Å². The number of carbonyl (C=O) groups excluding carboxylic acids is 3. The summed E-state index contributed by atoms with van der Waals surface area (Å²) in [5.41, 5.74) is 2.81. The first-order valence-corrected chi connectivity index (χ1v) is 11.1. The third-order valence-corrected chi connectivity index (χ3v) is 6.66. The zero-order chi connectivity index (χ0) is 22.2. The third-order valence-electron chi connectivity index (χ3n) is 5.64. The average Bonchev–Trinajstić information content (AvgIpc) is 3.46. The highest BCUT2D eigenvalue weighted by molar-refractivity contribution is 7.18. The molecule has 9 heteroatoms. The lowest BCUT2D eigenvalue weighted by Crippen LogP contribution is -2.41. The number of carbonyl (C=O) groups is 3. The molecule has 4 amide bonds. The smallest absolute Gasteiger partial charge is 0.325 e. The Morgan fingerprint density at radius 1 is 1.16 bits per heavy atom. The molecule has 1 atom stereocenters. The van der Waals surface area contributed by atoms with E-state index in [9.17, 15) is 14.4 Å². The summed E-state index contributed by atoms with van der Waals surface area (Å²) in [5, 5.41) is 4.53. The molecule has 2 N–H and O–H groups in total. The number of amides is 4. The predicted molar refractivity (Wildman–Crippen MR) is 122 cm³/mol. The monoisotopic (exact) mass is 447 g/mol. The van der Waals surface area contributed by atoms with E-state index >= 15 is 0 Å². The summed E-state index contributed by atoms with van der Waals surface area (Å²) in [4.78, 5) is 48.2. The number of urea groups is 1. The van der Waals surface area contributed by atoms with E-state index < -0.39 is 12.1 Å². The molecule has 0 saturated carbocycles. The first-order chi connectivity index (χ1) is 15.5. The Balaban J connectivity index is 1.24. The van der Waals surface area contributed by atoms with Crippen LogP contribution in [0.25, 0.3) is 21.1 Å². The fourth-order valence-corrected chi connectivity index (χ4v) is 4.94. The number of nitrogens with zero attached hydrogens (tertiary/aromatic N) is 3. The van der Waals surface area contributed by atoms with Gasteiger partial charge in [-0.2, -0.15) is 0 Å². The van der Waals surface area contributed by atoms with E-state index in [1.807, 2.05) is 54.7 Å². The summed E-state index contributed by atoms with van der Waals surface area (Å²) in [5.74, 6) is -0.706. The second-order valence-electron chi connectivity index (χ2n) is 7.82. The molecule has 4 aromatic rings. The molecule has 0 radical (unpaired) electrons. The first kappa shape index (κ1) is 20.2. The molecule has 2 aromatic carbocycles. The van der Waals surface area contributed by atoms with Crippen LogP contribution in [-0.4, -0.2) is 57.2 Å². The summed E-state index contributed by atoms with van der Waals surface area (Å²) >= 11 is 1.52. The van der Waals surface area contributed by atoms with Gasteiger partial charge in [0.1, 0.15) is 17.6 Å². The Bertz CT molecular complexity index is 1310. The van der Waals surface area contributed by atoms with Crippen LogP contribution in [-0.2, 0) is 22.6 Å². The van der Waals surface area contributed by atoms with Gasteiger partial charge in [-0.15, -0.1) is 11.3 Å². The van der Waals surface area contributed by atoms with Gasteiger partial charge in [0.05, 0.1) is 16.8 Å². The summed E-state index contributed by atoms with van der Waals surface area (Å²) in [7, 11) is 1.65. The molecule has 0 aliphatic carbocycles. The molecule has 1 aliphatic rings. The van der Waals surface area contributed by atoms with Gasteiger partial charge in [0.15, 0.2) is 0 Å². The minimum Gasteiger partial charge on any atom is -0.361 e. The molecule has 0 bridgehead atoms. The van der Waals surface area contributed by atoms with Crippen molar-refractivity contribution in [2.75, 3.05) is 13.6 Å². The standard InChI is InChI=1S/C23H21N5O3S/c1-27(12-20-25-17-8-4-5-9-19(17)32-20)21(29)13-28-22(30)18(26-23(28)31)10-14-11-24-16-7-3-2-6-15(14)16/h2-9,11,18,24H,10,12-13H2,1H3,(H,26,31)/t18-/m1/s1. The zero-order valence-corrected chi connectivity index (χ0v) is 18.2. The number of aromatic amines is 1. The van der Waals surface area contributed by atoms with Gasteiger partial charge in [-0.25, -0.2) is 9.78 Å². The molecule has 8 nitrogen and oxygen atoms in total. The van der Waals surface area contributed by atoms with Crippen LogP contribution in [0.1, 0.15) is 10.6 Å². The van der Waals surface area contributed by atoms with E-state index in [0.29, 0.717) is 13.0 Å². The number of nitrogens with one attached hydrogen (secondary N) is 2. The number of benzene rings is 2. The quantitative estimate of drug-likeness (QED) is 0.444. The molecule has 32 heavy (non-hydrogen) atoms. The van der Waals surface area contributed by atoms with E-state index in [-0.39, 0.29) is 18.4 Å². The van der Waals surface area contributed by atoms with Gasteiger partial charge >= 0.3 is 6.03 Å². The third kappa shape index (κ3) is 3.71. The SMILES string of the molecule is CN(Cc1nc2ccccc2s1)C(=O)CN1C(=O)N[C@H](Cc2c[nH]c3ccccc23)C1=O. The number of aromatic nitrogens is 2. The van der Waals surface area contributed by atoms with E-state index in [1.165, 1.54) is 16.2 Å². The Kier molecular flexibility index (Phi) is 5.10. The minimum absolute atomic E-state index is 0.295. The molecule has 0 spiro atoms. The fourth-order valence-electron chi connectivity index (χ4n) is 3.92. The second kappa shape index (κ2) is 8.08. The van der Waals surface area contributed by atoms with E-state index in [1.54, 1.807) is 7.05 Å². The van der Waals surface area contributed by atoms with Gasteiger partial charge in [-0.1, -0.05) is 30.3 Å². The maximum absolute atomic E-state index is 12.9. The average molecular weight is 448 g/mol. The number of likely N-dealkylation sites (N-methyl/N-ethyl adjacent to an activating group) is 1. The van der Waals surface area contributed by atoms with Crippen molar-refractivity contribution < 1.29 is 14.4 Å². The van der Waals surface area contributed by atoms with Crippen molar-refractivity contribution in [3.05, 3.63) is 65.3 Å². The molecule has 5 rings (SSSR count). The normalized spacial score (nSPS) is 16.2. The van der Waals surface area contributed by atoms with Crippen LogP contribution in [0.4, 0.5) is 4.79 Å². The Labute approximate surface area is 187 Å². The summed E-state index contributed by atoms with van der Waals surface area (Å²) in [6, 6.07) is 14.3. The molecule has 1 saturated heterocycles. The van der Waals surface area contributed by atoms with Crippen LogP contribution < -0.4 is 5.32 Å². The second-order valence-corrected chi connectivity index (χ2v) is 8.93. The maximum atomic E-state index is 12.9. The van der Waals surface area contributed by atoms with Gasteiger partial charge in [0.25, 0.3) is 5.91 Å². The van der Waals surface area contributed by atoms with Crippen LogP contribution >= 0.6 is 11.3 Å². The number of thiazole rings is 1. The number of hydrogen-bond donors (Lipinski definition) is 2. The molecule has 2 aromatic heterocycles. The van der Waals surface area contributed by atoms with Gasteiger partial charge in [0, 0.05) is 30.6 Å². The largest absolute Gasteiger partial charge is 0.361 e. The number of rotatable bonds is 6. The van der Waals surface area contributed by atoms with Crippen LogP contribution in [0, 0.1) is 0 Å². The summed E-state index contributed by atoms with van der Waals surface area (Å²) in [6.07, 6.45) is 2.21. The topological polar surface area (TPSA) is 98.4 Å². The number of para-hydroxylation sites is 2. The number of fused-ring (bicyclic) bond motifs is 2. The van der Waals surface area contributed by atoms with Crippen molar-refractivity contribution in [1.29, 1.82) is 0 Å². The first-order valence-electron chi connectivity index (χ1n) is 10.2. The highest BCUT2D eigenvalue weighted by Crippen LogP contribution is 2.23. The van der Waals surface area contributed by atoms with Crippen LogP contribution in [0.15, 0.2) is 54.7 Å². The molecule has 0 unspecified atom stereocenters. The molecule has 1 fully saturated rings. The minimum atomic E-state index is -0.691. The highest BCUT2D eigenvalue weighted by atomic mass is 32.1. The van der Waals surface area contributed by atoms with Gasteiger partial charge in [-0.3, -0.25) is 14.5 Å². The van der Waals surface area contributed by atoms with Gasteiger partial charge in [-0.05, 0) is 23.8 Å². The molecule has 162 valence electrons. The van der Waals surface area contributed by atoms with Crippen LogP contribution in [0.2, 0.25) is 0 Å².